The highest BCUT2D eigenvalue weighted by atomic mass is 16.5. The second kappa shape index (κ2) is 5.14. The van der Waals surface area contributed by atoms with E-state index in [-0.39, 0.29) is 35.9 Å². The molecule has 0 aromatic rings. The van der Waals surface area contributed by atoms with Crippen molar-refractivity contribution in [2.75, 3.05) is 14.2 Å². The zero-order valence-electron chi connectivity index (χ0n) is 11.2. The zero-order chi connectivity index (χ0) is 13.2. The van der Waals surface area contributed by atoms with Crippen LogP contribution in [0.25, 0.3) is 0 Å². The fourth-order valence-corrected chi connectivity index (χ4v) is 2.11. The van der Waals surface area contributed by atoms with E-state index in [1.54, 1.807) is 7.11 Å². The lowest BCUT2D eigenvalue weighted by Crippen LogP contribution is -2.44. The molecule has 1 rings (SSSR count). The number of hydrogen-bond donors (Lipinski definition) is 1. The lowest BCUT2D eigenvalue weighted by atomic mass is 9.99. The van der Waals surface area contributed by atoms with Crippen molar-refractivity contribution < 1.29 is 14.3 Å². The van der Waals surface area contributed by atoms with Crippen LogP contribution >= 0.6 is 0 Å². The number of hydrogen-bond acceptors (Lipinski definition) is 4. The summed E-state index contributed by atoms with van der Waals surface area (Å²) in [5.74, 6) is -0.261. The third-order valence-corrected chi connectivity index (χ3v) is 3.22. The molecule has 1 fully saturated rings. The van der Waals surface area contributed by atoms with Gasteiger partial charge >= 0.3 is 0 Å². The van der Waals surface area contributed by atoms with Gasteiger partial charge in [-0.2, -0.15) is 0 Å². The highest BCUT2D eigenvalue weighted by Gasteiger charge is 2.37. The highest BCUT2D eigenvalue weighted by Crippen LogP contribution is 2.17. The number of nitrogens with zero attached hydrogens (tertiary/aromatic N) is 1. The van der Waals surface area contributed by atoms with Crippen LogP contribution in [0.4, 0.5) is 0 Å². The Hall–Kier alpha value is -0.940. The first-order valence-corrected chi connectivity index (χ1v) is 5.88. The topological polar surface area (TPSA) is 58.6 Å². The van der Waals surface area contributed by atoms with Gasteiger partial charge in [0.25, 0.3) is 0 Å². The number of likely N-dealkylation sites (tertiary alicyclic amines) is 1. The van der Waals surface area contributed by atoms with Crippen LogP contribution in [-0.2, 0) is 14.3 Å². The molecule has 0 aliphatic carbocycles. The van der Waals surface area contributed by atoms with Gasteiger partial charge in [0.2, 0.25) is 11.8 Å². The summed E-state index contributed by atoms with van der Waals surface area (Å²) in [5, 5.41) is 3.19. The Morgan fingerprint density at radius 2 is 2.12 bits per heavy atom. The molecule has 0 aromatic carbocycles. The second-order valence-electron chi connectivity index (χ2n) is 5.28. The molecule has 1 aliphatic heterocycles. The molecule has 2 atom stereocenters. The lowest BCUT2D eigenvalue weighted by Gasteiger charge is -2.28. The number of likely N-dealkylation sites (N-methyl/N-ethyl adjacent to an activating group) is 1. The van der Waals surface area contributed by atoms with Gasteiger partial charge in [-0.05, 0) is 27.2 Å². The number of nitrogens with one attached hydrogen (secondary N) is 1. The first-order valence-electron chi connectivity index (χ1n) is 5.88. The van der Waals surface area contributed by atoms with E-state index < -0.39 is 0 Å². The molecule has 17 heavy (non-hydrogen) atoms. The Balaban J connectivity index is 2.50. The smallest absolute Gasteiger partial charge is 0.246 e. The van der Waals surface area contributed by atoms with Crippen LogP contribution in [-0.4, -0.2) is 48.6 Å². The average Bonchev–Trinajstić information content (AvgIpc) is 2.45. The van der Waals surface area contributed by atoms with Crippen LogP contribution in [0.3, 0.4) is 0 Å². The summed E-state index contributed by atoms with van der Waals surface area (Å²) >= 11 is 0. The minimum Gasteiger partial charge on any atom is -0.379 e. The monoisotopic (exact) mass is 242 g/mol. The average molecular weight is 242 g/mol. The standard InChI is InChI=1S/C12H22N2O3/c1-8(7-12(2,3)17-5)13-9-6-10(15)14(4)11(9)16/h8-9,13H,6-7H2,1-5H3. The summed E-state index contributed by atoms with van der Waals surface area (Å²) < 4.78 is 5.34. The van der Waals surface area contributed by atoms with Gasteiger partial charge in [-0.3, -0.25) is 14.5 Å². The van der Waals surface area contributed by atoms with Crippen LogP contribution in [0.15, 0.2) is 0 Å². The van der Waals surface area contributed by atoms with Crippen molar-refractivity contribution in [2.24, 2.45) is 0 Å². The maximum atomic E-state index is 11.7. The van der Waals surface area contributed by atoms with Crippen molar-refractivity contribution in [3.63, 3.8) is 0 Å². The summed E-state index contributed by atoms with van der Waals surface area (Å²) in [6.45, 7) is 5.99. The first kappa shape index (κ1) is 14.1. The van der Waals surface area contributed by atoms with Crippen molar-refractivity contribution >= 4 is 11.8 Å². The molecule has 1 N–H and O–H groups in total. The van der Waals surface area contributed by atoms with E-state index in [2.05, 4.69) is 5.32 Å². The summed E-state index contributed by atoms with van der Waals surface area (Å²) in [6, 6.07) is -0.256. The summed E-state index contributed by atoms with van der Waals surface area (Å²) in [4.78, 5) is 24.2. The second-order valence-corrected chi connectivity index (χ2v) is 5.28. The van der Waals surface area contributed by atoms with E-state index in [9.17, 15) is 9.59 Å². The Morgan fingerprint density at radius 1 is 1.53 bits per heavy atom. The quantitative estimate of drug-likeness (QED) is 0.715. The molecule has 1 heterocycles. The molecule has 0 aromatic heterocycles. The number of rotatable bonds is 5. The Kier molecular flexibility index (Phi) is 4.27. The summed E-state index contributed by atoms with van der Waals surface area (Å²) in [7, 11) is 3.20. The molecule has 5 heteroatoms. The van der Waals surface area contributed by atoms with Crippen molar-refractivity contribution in [1.29, 1.82) is 0 Å². The minimum atomic E-state index is -0.379. The van der Waals surface area contributed by atoms with Gasteiger partial charge in [-0.1, -0.05) is 0 Å². The van der Waals surface area contributed by atoms with Gasteiger partial charge in [0, 0.05) is 20.2 Å². The fraction of sp³-hybridized carbons (Fsp3) is 0.833. The lowest BCUT2D eigenvalue weighted by molar-refractivity contribution is -0.137. The molecule has 2 unspecified atom stereocenters. The highest BCUT2D eigenvalue weighted by molar-refractivity contribution is 6.05. The third-order valence-electron chi connectivity index (χ3n) is 3.22. The third kappa shape index (κ3) is 3.51. The largest absolute Gasteiger partial charge is 0.379 e. The number of carbonyl (C=O) groups excluding carboxylic acids is 2. The van der Waals surface area contributed by atoms with Crippen LogP contribution in [0.2, 0.25) is 0 Å². The molecule has 1 saturated heterocycles. The molecule has 5 nitrogen and oxygen atoms in total. The fourth-order valence-electron chi connectivity index (χ4n) is 2.11. The van der Waals surface area contributed by atoms with Gasteiger partial charge in [-0.25, -0.2) is 0 Å². The molecule has 0 bridgehead atoms. The predicted octanol–water partition coefficient (Wildman–Crippen LogP) is 0.537. The molecule has 98 valence electrons. The van der Waals surface area contributed by atoms with E-state index in [1.807, 2.05) is 20.8 Å². The van der Waals surface area contributed by atoms with E-state index >= 15 is 0 Å². The number of imide groups is 1. The van der Waals surface area contributed by atoms with Crippen molar-refractivity contribution in [3.05, 3.63) is 0 Å². The molecule has 0 spiro atoms. The van der Waals surface area contributed by atoms with E-state index in [4.69, 9.17) is 4.74 Å². The van der Waals surface area contributed by atoms with Gasteiger partial charge < -0.3 is 10.1 Å². The Labute approximate surface area is 102 Å². The number of carbonyl (C=O) groups is 2. The summed E-state index contributed by atoms with van der Waals surface area (Å²) in [5.41, 5.74) is -0.232. The maximum Gasteiger partial charge on any atom is 0.246 e. The van der Waals surface area contributed by atoms with Crippen LogP contribution in [0.1, 0.15) is 33.6 Å². The Morgan fingerprint density at radius 3 is 2.53 bits per heavy atom. The van der Waals surface area contributed by atoms with E-state index in [0.717, 1.165) is 6.42 Å². The van der Waals surface area contributed by atoms with Crippen LogP contribution < -0.4 is 5.32 Å². The van der Waals surface area contributed by atoms with Gasteiger partial charge in [0.15, 0.2) is 0 Å². The Bertz CT molecular complexity index is 315. The van der Waals surface area contributed by atoms with Crippen LogP contribution in [0.5, 0.6) is 0 Å². The van der Waals surface area contributed by atoms with E-state index in [1.165, 1.54) is 11.9 Å². The predicted molar refractivity (Wildman–Crippen MR) is 64.5 cm³/mol. The van der Waals surface area contributed by atoms with E-state index in [0.29, 0.717) is 0 Å². The minimum absolute atomic E-state index is 0.120. The number of methoxy groups -OCH3 is 1. The van der Waals surface area contributed by atoms with Crippen molar-refractivity contribution in [2.45, 2.75) is 51.3 Å². The SMILES string of the molecule is COC(C)(C)CC(C)NC1CC(=O)N(C)C1=O. The van der Waals surface area contributed by atoms with Gasteiger partial charge in [0.05, 0.1) is 18.1 Å². The molecular formula is C12H22N2O3. The molecular weight excluding hydrogens is 220 g/mol. The van der Waals surface area contributed by atoms with Crippen molar-refractivity contribution in [3.8, 4) is 0 Å². The summed E-state index contributed by atoms with van der Waals surface area (Å²) in [6.07, 6.45) is 1.04. The van der Waals surface area contributed by atoms with Crippen LogP contribution in [0, 0.1) is 0 Å². The first-order chi connectivity index (χ1) is 7.76. The van der Waals surface area contributed by atoms with Gasteiger partial charge in [-0.15, -0.1) is 0 Å². The molecule has 0 radical (unpaired) electrons. The normalized spacial score (nSPS) is 23.4. The number of amides is 2. The van der Waals surface area contributed by atoms with Gasteiger partial charge in [0.1, 0.15) is 0 Å². The molecule has 2 amide bonds. The number of ether oxygens (including phenoxy) is 1. The van der Waals surface area contributed by atoms with Crippen molar-refractivity contribution in [1.82, 2.24) is 10.2 Å². The molecule has 1 aliphatic rings. The zero-order valence-corrected chi connectivity index (χ0v) is 11.2. The maximum absolute atomic E-state index is 11.7. The molecule has 0 saturated carbocycles.